The van der Waals surface area contributed by atoms with Gasteiger partial charge in [-0.15, -0.1) is 0 Å². The first kappa shape index (κ1) is 29.6. The molecule has 3 heterocycles. The van der Waals surface area contributed by atoms with Crippen molar-refractivity contribution in [2.75, 3.05) is 36.2 Å². The maximum atomic E-state index is 4.67. The van der Waals surface area contributed by atoms with Crippen LogP contribution in [0, 0.1) is 0 Å². The van der Waals surface area contributed by atoms with Crippen LogP contribution < -0.4 is 9.80 Å². The van der Waals surface area contributed by atoms with Crippen molar-refractivity contribution in [3.63, 3.8) is 0 Å². The summed E-state index contributed by atoms with van der Waals surface area (Å²) >= 11 is 0. The molecule has 0 radical (unpaired) electrons. The minimum atomic E-state index is 0.940. The maximum Gasteiger partial charge on any atom is 0.0941 e. The molecule has 5 nitrogen and oxygen atoms in total. The van der Waals surface area contributed by atoms with Gasteiger partial charge in [0.2, 0.25) is 0 Å². The van der Waals surface area contributed by atoms with Gasteiger partial charge in [-0.05, 0) is 80.0 Å². The summed E-state index contributed by atoms with van der Waals surface area (Å²) in [7, 11) is 0. The minimum absolute atomic E-state index is 0.940. The van der Waals surface area contributed by atoms with Crippen LogP contribution in [0.4, 0.5) is 11.4 Å². The van der Waals surface area contributed by atoms with E-state index >= 15 is 0 Å². The van der Waals surface area contributed by atoms with Crippen molar-refractivity contribution in [2.24, 2.45) is 0 Å². The lowest BCUT2D eigenvalue weighted by atomic mass is 10.0. The number of nitrogens with zero attached hydrogens (tertiary/aromatic N) is 5. The Kier molecular flexibility index (Phi) is 10.3. The lowest BCUT2D eigenvalue weighted by molar-refractivity contribution is 0.354. The Hall–Kier alpha value is -4.51. The molecule has 2 aliphatic heterocycles. The Morgan fingerprint density at radius 2 is 1.02 bits per heavy atom. The van der Waals surface area contributed by atoms with E-state index in [2.05, 4.69) is 140 Å². The molecule has 0 spiro atoms. The van der Waals surface area contributed by atoms with Crippen LogP contribution in [0.2, 0.25) is 0 Å². The Morgan fingerprint density at radius 1 is 0.477 bits per heavy atom. The number of aromatic nitrogens is 1. The largest absolute Gasteiger partial charge is 0.358 e. The summed E-state index contributed by atoms with van der Waals surface area (Å²) in [6.07, 6.45) is 20.6. The number of hydrogen-bond acceptors (Lipinski definition) is 5. The van der Waals surface area contributed by atoms with Crippen LogP contribution in [-0.4, -0.2) is 41.2 Å². The fraction of sp³-hybridized carbons (Fsp3) is 0.308. The van der Waals surface area contributed by atoms with E-state index in [0.29, 0.717) is 0 Å². The zero-order valence-corrected chi connectivity index (χ0v) is 25.8. The number of rotatable bonds is 15. The van der Waals surface area contributed by atoms with Gasteiger partial charge in [0.1, 0.15) is 0 Å². The van der Waals surface area contributed by atoms with E-state index in [1.807, 2.05) is 12.3 Å². The van der Waals surface area contributed by atoms with Gasteiger partial charge in [0.15, 0.2) is 0 Å². The Morgan fingerprint density at radius 3 is 1.61 bits per heavy atom. The van der Waals surface area contributed by atoms with E-state index in [9.17, 15) is 0 Å². The summed E-state index contributed by atoms with van der Waals surface area (Å²) in [5.74, 6) is 0. The van der Waals surface area contributed by atoms with Crippen molar-refractivity contribution >= 4 is 11.4 Å². The summed E-state index contributed by atoms with van der Waals surface area (Å²) in [4.78, 5) is 14.2. The van der Waals surface area contributed by atoms with Gasteiger partial charge < -0.3 is 19.6 Å². The molecule has 226 valence electrons. The number of para-hydroxylation sites is 1. The van der Waals surface area contributed by atoms with Crippen LogP contribution >= 0.6 is 0 Å². The van der Waals surface area contributed by atoms with Crippen LogP contribution in [0.15, 0.2) is 128 Å². The van der Waals surface area contributed by atoms with E-state index in [1.54, 1.807) is 0 Å². The molecule has 0 bridgehead atoms. The van der Waals surface area contributed by atoms with E-state index < -0.39 is 0 Å². The van der Waals surface area contributed by atoms with Crippen LogP contribution in [0.1, 0.15) is 49.7 Å². The second kappa shape index (κ2) is 15.3. The third-order valence-corrected chi connectivity index (χ3v) is 8.65. The van der Waals surface area contributed by atoms with Gasteiger partial charge in [0, 0.05) is 61.0 Å². The normalized spacial score (nSPS) is 14.3. The number of unbranched alkanes of at least 4 members (excludes halogenated alkanes) is 4. The minimum Gasteiger partial charge on any atom is -0.358 e. The quantitative estimate of drug-likeness (QED) is 0.130. The highest BCUT2D eigenvalue weighted by molar-refractivity contribution is 5.58. The zero-order valence-electron chi connectivity index (χ0n) is 25.8. The molecule has 5 heteroatoms. The summed E-state index contributed by atoms with van der Waals surface area (Å²) < 4.78 is 0. The Labute approximate surface area is 263 Å². The van der Waals surface area contributed by atoms with Gasteiger partial charge in [-0.1, -0.05) is 79.6 Å². The van der Waals surface area contributed by atoms with Crippen molar-refractivity contribution in [1.29, 1.82) is 0 Å². The average Bonchev–Trinajstić information content (AvgIpc) is 3.77. The molecule has 0 N–H and O–H groups in total. The van der Waals surface area contributed by atoms with Gasteiger partial charge in [-0.3, -0.25) is 4.98 Å². The SMILES string of the molecule is C1=CN(c2ccccc2)CN1CCCCN1C=CN(c2ccc(CCCCCCc3ccc(-c4ccccc4)nc3)cc2)C1. The summed E-state index contributed by atoms with van der Waals surface area (Å²) in [6, 6.07) is 34.6. The first-order chi connectivity index (χ1) is 21.8. The molecule has 0 aliphatic carbocycles. The first-order valence-electron chi connectivity index (χ1n) is 16.3. The van der Waals surface area contributed by atoms with Crippen LogP contribution in [-0.2, 0) is 12.8 Å². The van der Waals surface area contributed by atoms with Gasteiger partial charge >= 0.3 is 0 Å². The Balaban J connectivity index is 0.819. The van der Waals surface area contributed by atoms with E-state index in [0.717, 1.165) is 45.0 Å². The van der Waals surface area contributed by atoms with Crippen molar-refractivity contribution in [2.45, 2.75) is 51.4 Å². The highest BCUT2D eigenvalue weighted by Crippen LogP contribution is 2.23. The predicted molar refractivity (Wildman–Crippen MR) is 184 cm³/mol. The molecular weight excluding hydrogens is 538 g/mol. The molecule has 1 aromatic heterocycles. The third-order valence-electron chi connectivity index (χ3n) is 8.65. The van der Waals surface area contributed by atoms with Crippen LogP contribution in [0.5, 0.6) is 0 Å². The number of hydrogen-bond donors (Lipinski definition) is 0. The molecule has 0 fully saturated rings. The highest BCUT2D eigenvalue weighted by Gasteiger charge is 2.15. The predicted octanol–water partition coefficient (Wildman–Crippen LogP) is 8.68. The number of aryl methyl sites for hydroxylation is 2. The van der Waals surface area contributed by atoms with Crippen LogP contribution in [0.25, 0.3) is 11.3 Å². The molecule has 44 heavy (non-hydrogen) atoms. The summed E-state index contributed by atoms with van der Waals surface area (Å²) in [5, 5.41) is 0. The maximum absolute atomic E-state index is 4.67. The number of anilines is 2. The van der Waals surface area contributed by atoms with Crippen molar-refractivity contribution in [3.8, 4) is 11.3 Å². The first-order valence-corrected chi connectivity index (χ1v) is 16.3. The Bertz CT molecular complexity index is 1460. The molecule has 6 rings (SSSR count). The summed E-state index contributed by atoms with van der Waals surface area (Å²) in [5.41, 5.74) is 7.55. The average molecular weight is 584 g/mol. The van der Waals surface area contributed by atoms with Crippen molar-refractivity contribution in [3.05, 3.63) is 139 Å². The molecule has 3 aromatic carbocycles. The number of pyridine rings is 1. The fourth-order valence-electron chi connectivity index (χ4n) is 6.02. The molecular formula is C39H45N5. The van der Waals surface area contributed by atoms with Crippen molar-refractivity contribution in [1.82, 2.24) is 14.8 Å². The molecule has 0 atom stereocenters. The van der Waals surface area contributed by atoms with Gasteiger partial charge in [-0.25, -0.2) is 0 Å². The molecule has 4 aromatic rings. The van der Waals surface area contributed by atoms with E-state index in [1.165, 1.54) is 66.6 Å². The third kappa shape index (κ3) is 8.31. The van der Waals surface area contributed by atoms with Crippen molar-refractivity contribution < 1.29 is 0 Å². The van der Waals surface area contributed by atoms with Crippen LogP contribution in [0.3, 0.4) is 0 Å². The standard InChI is InChI=1S/C39H45N5/c1(2-6-14-35-21-24-39(40-31-35)36-15-7-3-8-16-36)5-13-34-19-22-38(23-20-34)44-30-28-42(33-44)26-12-11-25-41-27-29-43(32-41)37-17-9-4-10-18-37/h3-4,7-10,15-24,27-31H,1-2,5-6,11-14,25-26,32-33H2. The molecule has 0 saturated carbocycles. The van der Waals surface area contributed by atoms with E-state index in [-0.39, 0.29) is 0 Å². The lowest BCUT2D eigenvalue weighted by Crippen LogP contribution is -2.27. The fourth-order valence-corrected chi connectivity index (χ4v) is 6.02. The topological polar surface area (TPSA) is 25.9 Å². The highest BCUT2D eigenvalue weighted by atomic mass is 15.3. The smallest absolute Gasteiger partial charge is 0.0941 e. The van der Waals surface area contributed by atoms with Gasteiger partial charge in [-0.2, -0.15) is 0 Å². The lowest BCUT2D eigenvalue weighted by Gasteiger charge is -2.23. The monoisotopic (exact) mass is 583 g/mol. The zero-order chi connectivity index (χ0) is 29.8. The molecule has 2 aliphatic rings. The second-order valence-corrected chi connectivity index (χ2v) is 12.0. The number of benzene rings is 3. The van der Waals surface area contributed by atoms with Gasteiger partial charge in [0.05, 0.1) is 19.0 Å². The summed E-state index contributed by atoms with van der Waals surface area (Å²) in [6.45, 7) is 4.08. The second-order valence-electron chi connectivity index (χ2n) is 12.0. The van der Waals surface area contributed by atoms with E-state index in [4.69, 9.17) is 0 Å². The molecule has 0 saturated heterocycles. The molecule has 0 unspecified atom stereocenters. The van der Waals surface area contributed by atoms with Gasteiger partial charge in [0.25, 0.3) is 0 Å². The molecule has 0 amide bonds.